The third-order valence-corrected chi connectivity index (χ3v) is 2.32. The van der Waals surface area contributed by atoms with Crippen molar-refractivity contribution in [3.63, 3.8) is 0 Å². The van der Waals surface area contributed by atoms with Crippen LogP contribution in [0.15, 0.2) is 23.4 Å². The third kappa shape index (κ3) is 1.14. The lowest BCUT2D eigenvalue weighted by Crippen LogP contribution is -2.18. The monoisotopic (exact) mass is 191 g/mol. The first-order valence-electron chi connectivity index (χ1n) is 4.64. The van der Waals surface area contributed by atoms with Crippen LogP contribution in [0.4, 0.5) is 0 Å². The van der Waals surface area contributed by atoms with Crippen molar-refractivity contribution in [2.24, 2.45) is 7.05 Å². The maximum Gasteiger partial charge on any atom is 0.276 e. The van der Waals surface area contributed by atoms with Crippen molar-refractivity contribution in [3.8, 4) is 0 Å². The average molecular weight is 191 g/mol. The van der Waals surface area contributed by atoms with Gasteiger partial charge in [0.05, 0.1) is 6.20 Å². The average Bonchev–Trinajstić information content (AvgIpc) is 2.55. The largest absolute Gasteiger partial charge is 0.315 e. The molecule has 0 spiro atoms. The van der Waals surface area contributed by atoms with Gasteiger partial charge < -0.3 is 4.57 Å². The second-order valence-corrected chi connectivity index (χ2v) is 3.74. The standard InChI is InChI=1S/C10H13N3O/c1-7(2)9-11-6-8-10(14)12(3)4-5-13(8)9/h4-7H,1-3H3. The Hall–Kier alpha value is -1.58. The lowest BCUT2D eigenvalue weighted by atomic mass is 10.2. The van der Waals surface area contributed by atoms with Gasteiger partial charge >= 0.3 is 0 Å². The Labute approximate surface area is 81.8 Å². The van der Waals surface area contributed by atoms with Crippen molar-refractivity contribution in [2.75, 3.05) is 0 Å². The summed E-state index contributed by atoms with van der Waals surface area (Å²) >= 11 is 0. The molecule has 0 amide bonds. The summed E-state index contributed by atoms with van der Waals surface area (Å²) in [5, 5.41) is 0. The molecule has 2 aromatic heterocycles. The summed E-state index contributed by atoms with van der Waals surface area (Å²) < 4.78 is 3.41. The Morgan fingerprint density at radius 3 is 2.71 bits per heavy atom. The van der Waals surface area contributed by atoms with Crippen molar-refractivity contribution < 1.29 is 0 Å². The third-order valence-electron chi connectivity index (χ3n) is 2.32. The van der Waals surface area contributed by atoms with Gasteiger partial charge in [0, 0.05) is 25.4 Å². The van der Waals surface area contributed by atoms with E-state index in [-0.39, 0.29) is 5.56 Å². The number of hydrogen-bond donors (Lipinski definition) is 0. The van der Waals surface area contributed by atoms with Gasteiger partial charge in [-0.05, 0) is 0 Å². The Kier molecular flexibility index (Phi) is 1.91. The molecule has 0 aromatic carbocycles. The molecule has 0 saturated carbocycles. The molecule has 0 aliphatic rings. The molecule has 4 heteroatoms. The maximum absolute atomic E-state index is 11.7. The number of nitrogens with zero attached hydrogens (tertiary/aromatic N) is 3. The Bertz CT molecular complexity index is 522. The number of imidazole rings is 1. The minimum Gasteiger partial charge on any atom is -0.315 e. The molecule has 0 N–H and O–H groups in total. The molecule has 0 aliphatic carbocycles. The molecule has 0 atom stereocenters. The minimum atomic E-state index is -0.00750. The van der Waals surface area contributed by atoms with Crippen LogP contribution in [0, 0.1) is 0 Å². The lowest BCUT2D eigenvalue weighted by Gasteiger charge is -2.04. The zero-order valence-electron chi connectivity index (χ0n) is 8.56. The smallest absolute Gasteiger partial charge is 0.276 e. The van der Waals surface area contributed by atoms with Gasteiger partial charge in [-0.25, -0.2) is 4.98 Å². The Morgan fingerprint density at radius 2 is 2.07 bits per heavy atom. The molecule has 2 rings (SSSR count). The molecule has 0 aliphatic heterocycles. The van der Waals surface area contributed by atoms with E-state index in [0.717, 1.165) is 5.82 Å². The zero-order chi connectivity index (χ0) is 10.3. The number of aryl methyl sites for hydroxylation is 1. The van der Waals surface area contributed by atoms with Crippen molar-refractivity contribution in [1.29, 1.82) is 0 Å². The summed E-state index contributed by atoms with van der Waals surface area (Å²) in [7, 11) is 1.74. The van der Waals surface area contributed by atoms with E-state index in [1.54, 1.807) is 24.0 Å². The molecule has 74 valence electrons. The van der Waals surface area contributed by atoms with E-state index in [1.807, 2.05) is 10.6 Å². The van der Waals surface area contributed by atoms with Crippen molar-refractivity contribution in [3.05, 3.63) is 34.8 Å². The normalized spacial score (nSPS) is 11.4. The number of aromatic nitrogens is 3. The molecule has 0 bridgehead atoms. The first kappa shape index (κ1) is 8.99. The van der Waals surface area contributed by atoms with Crippen LogP contribution in [0.5, 0.6) is 0 Å². The van der Waals surface area contributed by atoms with Crippen LogP contribution in [0.1, 0.15) is 25.6 Å². The van der Waals surface area contributed by atoms with E-state index in [4.69, 9.17) is 0 Å². The van der Waals surface area contributed by atoms with Gasteiger partial charge in [-0.3, -0.25) is 9.20 Å². The Morgan fingerprint density at radius 1 is 1.36 bits per heavy atom. The molecule has 0 unspecified atom stereocenters. The molecule has 0 fully saturated rings. The summed E-state index contributed by atoms with van der Waals surface area (Å²) in [6.45, 7) is 4.12. The molecule has 2 heterocycles. The minimum absolute atomic E-state index is 0.00750. The van der Waals surface area contributed by atoms with E-state index in [2.05, 4.69) is 18.8 Å². The van der Waals surface area contributed by atoms with Gasteiger partial charge in [-0.1, -0.05) is 13.8 Å². The Balaban J connectivity index is 2.84. The van der Waals surface area contributed by atoms with Crippen molar-refractivity contribution in [2.45, 2.75) is 19.8 Å². The van der Waals surface area contributed by atoms with Gasteiger partial charge in [0.25, 0.3) is 5.56 Å². The molecular weight excluding hydrogens is 178 g/mol. The van der Waals surface area contributed by atoms with E-state index in [1.165, 1.54) is 0 Å². The van der Waals surface area contributed by atoms with Gasteiger partial charge in [0.2, 0.25) is 0 Å². The molecule has 14 heavy (non-hydrogen) atoms. The predicted octanol–water partition coefficient (Wildman–Crippen LogP) is 1.16. The SMILES string of the molecule is CC(C)c1ncc2c(=O)n(C)ccn12. The van der Waals surface area contributed by atoms with E-state index in [0.29, 0.717) is 11.4 Å². The van der Waals surface area contributed by atoms with E-state index < -0.39 is 0 Å². The highest BCUT2D eigenvalue weighted by molar-refractivity contribution is 5.43. The highest BCUT2D eigenvalue weighted by Gasteiger charge is 2.09. The van der Waals surface area contributed by atoms with E-state index in [9.17, 15) is 4.79 Å². The van der Waals surface area contributed by atoms with Crippen LogP contribution in [-0.2, 0) is 7.05 Å². The molecule has 0 radical (unpaired) electrons. The van der Waals surface area contributed by atoms with Crippen LogP contribution < -0.4 is 5.56 Å². The fourth-order valence-corrected chi connectivity index (χ4v) is 1.53. The van der Waals surface area contributed by atoms with Crippen molar-refractivity contribution in [1.82, 2.24) is 14.0 Å². The number of fused-ring (bicyclic) bond motifs is 1. The predicted molar refractivity (Wildman–Crippen MR) is 54.5 cm³/mol. The highest BCUT2D eigenvalue weighted by atomic mass is 16.1. The van der Waals surface area contributed by atoms with Crippen LogP contribution >= 0.6 is 0 Å². The first-order chi connectivity index (χ1) is 6.61. The first-order valence-corrected chi connectivity index (χ1v) is 4.64. The lowest BCUT2D eigenvalue weighted by molar-refractivity contribution is 0.757. The maximum atomic E-state index is 11.7. The quantitative estimate of drug-likeness (QED) is 0.678. The van der Waals surface area contributed by atoms with Crippen LogP contribution in [0.25, 0.3) is 5.52 Å². The summed E-state index contributed by atoms with van der Waals surface area (Å²) in [4.78, 5) is 15.9. The van der Waals surface area contributed by atoms with E-state index >= 15 is 0 Å². The molecule has 2 aromatic rings. The summed E-state index contributed by atoms with van der Waals surface area (Å²) in [6.07, 6.45) is 5.26. The van der Waals surface area contributed by atoms with Gasteiger partial charge in [-0.2, -0.15) is 0 Å². The van der Waals surface area contributed by atoms with Crippen molar-refractivity contribution >= 4 is 5.52 Å². The fraction of sp³-hybridized carbons (Fsp3) is 0.400. The van der Waals surface area contributed by atoms with Gasteiger partial charge in [0.1, 0.15) is 11.3 Å². The number of hydrogen-bond acceptors (Lipinski definition) is 2. The van der Waals surface area contributed by atoms with Gasteiger partial charge in [-0.15, -0.1) is 0 Å². The topological polar surface area (TPSA) is 39.3 Å². The summed E-state index contributed by atoms with van der Waals surface area (Å²) in [6, 6.07) is 0. The van der Waals surface area contributed by atoms with Gasteiger partial charge in [0.15, 0.2) is 0 Å². The zero-order valence-corrected chi connectivity index (χ0v) is 8.56. The molecule has 0 saturated heterocycles. The fourth-order valence-electron chi connectivity index (χ4n) is 1.53. The number of rotatable bonds is 1. The van der Waals surface area contributed by atoms with Crippen LogP contribution in [-0.4, -0.2) is 14.0 Å². The molecule has 4 nitrogen and oxygen atoms in total. The van der Waals surface area contributed by atoms with Crippen LogP contribution in [0.3, 0.4) is 0 Å². The molecular formula is C10H13N3O. The second-order valence-electron chi connectivity index (χ2n) is 3.74. The van der Waals surface area contributed by atoms with Crippen LogP contribution in [0.2, 0.25) is 0 Å². The second kappa shape index (κ2) is 2.97. The summed E-state index contributed by atoms with van der Waals surface area (Å²) in [5.41, 5.74) is 0.630. The highest BCUT2D eigenvalue weighted by Crippen LogP contribution is 2.12. The summed E-state index contributed by atoms with van der Waals surface area (Å²) in [5.74, 6) is 1.25.